The van der Waals surface area contributed by atoms with Crippen molar-refractivity contribution in [3.63, 3.8) is 0 Å². The summed E-state index contributed by atoms with van der Waals surface area (Å²) in [6, 6.07) is 8.11. The molecule has 132 valence electrons. The van der Waals surface area contributed by atoms with Gasteiger partial charge in [0.25, 0.3) is 0 Å². The highest BCUT2D eigenvalue weighted by Gasteiger charge is 2.20. The Hall–Kier alpha value is -2.43. The highest BCUT2D eigenvalue weighted by atomic mass is 16.1. The van der Waals surface area contributed by atoms with Crippen LogP contribution in [0.15, 0.2) is 24.3 Å². The number of carbonyl (C=O) groups is 1. The summed E-state index contributed by atoms with van der Waals surface area (Å²) >= 11 is 0. The molecule has 0 radical (unpaired) electrons. The van der Waals surface area contributed by atoms with E-state index in [1.54, 1.807) is 0 Å². The van der Waals surface area contributed by atoms with Gasteiger partial charge in [0.05, 0.1) is 12.1 Å². The van der Waals surface area contributed by atoms with Gasteiger partial charge in [-0.15, -0.1) is 0 Å². The molecule has 1 aliphatic rings. The van der Waals surface area contributed by atoms with Gasteiger partial charge in [-0.05, 0) is 17.2 Å². The van der Waals surface area contributed by atoms with Crippen LogP contribution in [0.25, 0.3) is 0 Å². The number of nitrogens with one attached hydrogen (secondary N) is 2. The lowest BCUT2D eigenvalue weighted by atomic mass is 9.91. The Morgan fingerprint density at radius 3 is 2.64 bits per heavy atom. The smallest absolute Gasteiger partial charge is 0.228 e. The molecule has 3 rings (SSSR count). The molecule has 5 heteroatoms. The molecular weight excluding hydrogens is 312 g/mol. The third-order valence-electron chi connectivity index (χ3n) is 4.30. The van der Waals surface area contributed by atoms with Gasteiger partial charge in [-0.25, -0.2) is 9.97 Å². The first-order chi connectivity index (χ1) is 11.7. The van der Waals surface area contributed by atoms with Crippen LogP contribution in [0.3, 0.4) is 0 Å². The number of fused-ring (bicyclic) bond motifs is 1. The van der Waals surface area contributed by atoms with Crippen LogP contribution in [-0.4, -0.2) is 15.9 Å². The molecule has 0 aliphatic carbocycles. The first-order valence-corrected chi connectivity index (χ1v) is 8.77. The van der Waals surface area contributed by atoms with Crippen LogP contribution >= 0.6 is 0 Å². The van der Waals surface area contributed by atoms with Gasteiger partial charge in [0.1, 0.15) is 11.6 Å². The maximum atomic E-state index is 11.5. The molecule has 1 aliphatic heterocycles. The lowest BCUT2D eigenvalue weighted by Gasteiger charge is -2.20. The van der Waals surface area contributed by atoms with Gasteiger partial charge < -0.3 is 10.6 Å². The average Bonchev–Trinajstić information content (AvgIpc) is 2.91. The summed E-state index contributed by atoms with van der Waals surface area (Å²) in [5.41, 5.74) is 4.13. The van der Waals surface area contributed by atoms with Gasteiger partial charge in [-0.3, -0.25) is 4.79 Å². The van der Waals surface area contributed by atoms with Crippen LogP contribution in [-0.2, 0) is 23.2 Å². The van der Waals surface area contributed by atoms with E-state index in [4.69, 9.17) is 4.98 Å². The number of amides is 1. The molecule has 0 fully saturated rings. The van der Waals surface area contributed by atoms with Crippen molar-refractivity contribution < 1.29 is 4.79 Å². The third kappa shape index (κ3) is 3.98. The topological polar surface area (TPSA) is 66.9 Å². The van der Waals surface area contributed by atoms with Crippen molar-refractivity contribution in [1.82, 2.24) is 9.97 Å². The molecule has 0 spiro atoms. The Balaban J connectivity index is 1.80. The predicted octanol–water partition coefficient (Wildman–Crippen LogP) is 4.00. The van der Waals surface area contributed by atoms with Gasteiger partial charge in [0.2, 0.25) is 5.91 Å². The summed E-state index contributed by atoms with van der Waals surface area (Å²) in [6.07, 6.45) is 0.461. The molecule has 1 amide bonds. The number of hydrogen-bond donors (Lipinski definition) is 2. The van der Waals surface area contributed by atoms with Gasteiger partial charge in [-0.1, -0.05) is 46.8 Å². The molecule has 2 N–H and O–H groups in total. The molecule has 0 atom stereocenters. The fourth-order valence-electron chi connectivity index (χ4n) is 2.78. The largest absolute Gasteiger partial charge is 0.366 e. The number of aromatic nitrogens is 2. The molecular formula is C20H26N4O. The zero-order valence-electron chi connectivity index (χ0n) is 15.6. The van der Waals surface area contributed by atoms with E-state index in [1.165, 1.54) is 0 Å². The summed E-state index contributed by atoms with van der Waals surface area (Å²) < 4.78 is 0. The van der Waals surface area contributed by atoms with Crippen molar-refractivity contribution in [3.05, 3.63) is 46.9 Å². The zero-order chi connectivity index (χ0) is 18.2. The number of hydrogen-bond acceptors (Lipinski definition) is 4. The van der Waals surface area contributed by atoms with Gasteiger partial charge in [0, 0.05) is 29.6 Å². The minimum atomic E-state index is -0.0252. The molecule has 0 unspecified atom stereocenters. The van der Waals surface area contributed by atoms with Crippen LogP contribution in [0, 0.1) is 0 Å². The SMILES string of the molecule is CC(C)c1nc(NCc2ccc3c(c2)CC(=O)N3)cc(C(C)(C)C)n1. The molecule has 5 nitrogen and oxygen atoms in total. The summed E-state index contributed by atoms with van der Waals surface area (Å²) in [5, 5.41) is 6.28. The minimum Gasteiger partial charge on any atom is -0.366 e. The molecule has 1 aromatic carbocycles. The maximum Gasteiger partial charge on any atom is 0.228 e. The zero-order valence-corrected chi connectivity index (χ0v) is 15.6. The highest BCUT2D eigenvalue weighted by molar-refractivity contribution is 5.99. The third-order valence-corrected chi connectivity index (χ3v) is 4.30. The van der Waals surface area contributed by atoms with Crippen molar-refractivity contribution in [2.45, 2.75) is 58.9 Å². The van der Waals surface area contributed by atoms with Crippen molar-refractivity contribution >= 4 is 17.4 Å². The molecule has 2 aromatic rings. The Labute approximate surface area is 149 Å². The molecule has 2 heterocycles. The summed E-state index contributed by atoms with van der Waals surface area (Å²) in [5.74, 6) is 2.05. The standard InChI is InChI=1S/C20H26N4O/c1-12(2)19-23-16(20(3,4)5)10-17(24-19)21-11-13-6-7-15-14(8-13)9-18(25)22-15/h6-8,10,12H,9,11H2,1-5H3,(H,22,25)(H,21,23,24). The van der Waals surface area contributed by atoms with Crippen molar-refractivity contribution in [2.24, 2.45) is 0 Å². The molecule has 0 saturated carbocycles. The van der Waals surface area contributed by atoms with E-state index in [0.717, 1.165) is 34.2 Å². The summed E-state index contributed by atoms with van der Waals surface area (Å²) in [6.45, 7) is 11.4. The number of rotatable bonds is 4. The van der Waals surface area contributed by atoms with Gasteiger partial charge in [-0.2, -0.15) is 0 Å². The van der Waals surface area contributed by atoms with Crippen LogP contribution in [0.5, 0.6) is 0 Å². The first-order valence-electron chi connectivity index (χ1n) is 8.77. The minimum absolute atomic E-state index is 0.0252. The Bertz CT molecular complexity index is 806. The highest BCUT2D eigenvalue weighted by Crippen LogP contribution is 2.26. The van der Waals surface area contributed by atoms with Crippen LogP contribution in [0.1, 0.15) is 63.2 Å². The van der Waals surface area contributed by atoms with E-state index in [-0.39, 0.29) is 17.2 Å². The lowest BCUT2D eigenvalue weighted by Crippen LogP contribution is -2.17. The summed E-state index contributed by atoms with van der Waals surface area (Å²) in [7, 11) is 0. The monoisotopic (exact) mass is 338 g/mol. The predicted molar refractivity (Wildman–Crippen MR) is 101 cm³/mol. The fourth-order valence-corrected chi connectivity index (χ4v) is 2.78. The van der Waals surface area contributed by atoms with E-state index in [0.29, 0.717) is 13.0 Å². The second-order valence-electron chi connectivity index (χ2n) is 7.97. The molecule has 0 saturated heterocycles. The number of benzene rings is 1. The van der Waals surface area contributed by atoms with Crippen LogP contribution in [0.4, 0.5) is 11.5 Å². The molecule has 1 aromatic heterocycles. The number of carbonyl (C=O) groups excluding carboxylic acids is 1. The maximum absolute atomic E-state index is 11.5. The number of nitrogens with zero attached hydrogens (tertiary/aromatic N) is 2. The van der Waals surface area contributed by atoms with Gasteiger partial charge >= 0.3 is 0 Å². The molecule has 0 bridgehead atoms. The van der Waals surface area contributed by atoms with Gasteiger partial charge in [0.15, 0.2) is 0 Å². The first kappa shape index (κ1) is 17.4. The van der Waals surface area contributed by atoms with E-state index in [9.17, 15) is 4.79 Å². The Morgan fingerprint density at radius 1 is 1.20 bits per heavy atom. The second-order valence-corrected chi connectivity index (χ2v) is 7.97. The van der Waals surface area contributed by atoms with E-state index in [1.807, 2.05) is 18.2 Å². The Morgan fingerprint density at radius 2 is 1.96 bits per heavy atom. The average molecular weight is 338 g/mol. The van der Waals surface area contributed by atoms with Crippen molar-refractivity contribution in [3.8, 4) is 0 Å². The van der Waals surface area contributed by atoms with E-state index in [2.05, 4.69) is 56.3 Å². The van der Waals surface area contributed by atoms with E-state index >= 15 is 0 Å². The normalized spacial score (nSPS) is 13.8. The quantitative estimate of drug-likeness (QED) is 0.884. The van der Waals surface area contributed by atoms with Crippen LogP contribution in [0.2, 0.25) is 0 Å². The number of anilines is 2. The molecule has 25 heavy (non-hydrogen) atoms. The van der Waals surface area contributed by atoms with E-state index < -0.39 is 0 Å². The second kappa shape index (κ2) is 6.47. The van der Waals surface area contributed by atoms with Crippen molar-refractivity contribution in [2.75, 3.05) is 10.6 Å². The lowest BCUT2D eigenvalue weighted by molar-refractivity contribution is -0.115. The fraction of sp³-hybridized carbons (Fsp3) is 0.450. The summed E-state index contributed by atoms with van der Waals surface area (Å²) in [4.78, 5) is 20.9. The van der Waals surface area contributed by atoms with Crippen molar-refractivity contribution in [1.29, 1.82) is 0 Å². The Kier molecular flexibility index (Phi) is 4.50. The van der Waals surface area contributed by atoms with Crippen LogP contribution < -0.4 is 10.6 Å².